The first-order valence-corrected chi connectivity index (χ1v) is 4.69. The molecule has 12 heavy (non-hydrogen) atoms. The third-order valence-electron chi connectivity index (χ3n) is 2.72. The van der Waals surface area contributed by atoms with Gasteiger partial charge in [0.2, 0.25) is 0 Å². The standard InChI is InChI=1S/C10H18N2/c1-3-4-7-12-8-5-6-10(11)9(12)2/h1,9-10H,4-8,11H2,2H3/t9-,10-/m1/s1. The summed E-state index contributed by atoms with van der Waals surface area (Å²) in [5.74, 6) is 2.67. The first-order chi connectivity index (χ1) is 5.75. The first kappa shape index (κ1) is 9.57. The average Bonchev–Trinajstić information content (AvgIpc) is 2.08. The summed E-state index contributed by atoms with van der Waals surface area (Å²) in [7, 11) is 0. The van der Waals surface area contributed by atoms with Gasteiger partial charge in [0, 0.05) is 25.0 Å². The van der Waals surface area contributed by atoms with Gasteiger partial charge in [-0.25, -0.2) is 0 Å². The van der Waals surface area contributed by atoms with E-state index in [0.717, 1.165) is 25.9 Å². The van der Waals surface area contributed by atoms with Gasteiger partial charge in [-0.15, -0.1) is 12.3 Å². The summed E-state index contributed by atoms with van der Waals surface area (Å²) in [5.41, 5.74) is 5.95. The fourth-order valence-electron chi connectivity index (χ4n) is 1.77. The zero-order chi connectivity index (χ0) is 8.97. The van der Waals surface area contributed by atoms with E-state index in [1.165, 1.54) is 6.42 Å². The van der Waals surface area contributed by atoms with Crippen molar-refractivity contribution >= 4 is 0 Å². The molecule has 0 unspecified atom stereocenters. The van der Waals surface area contributed by atoms with Gasteiger partial charge < -0.3 is 5.73 Å². The van der Waals surface area contributed by atoms with E-state index < -0.39 is 0 Å². The Balaban J connectivity index is 2.36. The maximum atomic E-state index is 5.95. The van der Waals surface area contributed by atoms with Gasteiger partial charge in [0.25, 0.3) is 0 Å². The highest BCUT2D eigenvalue weighted by Gasteiger charge is 2.23. The second-order valence-corrected chi connectivity index (χ2v) is 3.54. The summed E-state index contributed by atoms with van der Waals surface area (Å²) in [4.78, 5) is 2.40. The zero-order valence-electron chi connectivity index (χ0n) is 7.79. The molecule has 0 amide bonds. The zero-order valence-corrected chi connectivity index (χ0v) is 7.79. The smallest absolute Gasteiger partial charge is 0.0219 e. The molecule has 0 bridgehead atoms. The Morgan fingerprint density at radius 2 is 2.42 bits per heavy atom. The van der Waals surface area contributed by atoms with Crippen LogP contribution in [0.4, 0.5) is 0 Å². The number of nitrogens with two attached hydrogens (primary N) is 1. The number of piperidine rings is 1. The van der Waals surface area contributed by atoms with Crippen LogP contribution in [0.25, 0.3) is 0 Å². The summed E-state index contributed by atoms with van der Waals surface area (Å²) in [6.07, 6.45) is 8.44. The average molecular weight is 166 g/mol. The minimum absolute atomic E-state index is 0.344. The Bertz CT molecular complexity index is 171. The third kappa shape index (κ3) is 2.23. The fourth-order valence-corrected chi connectivity index (χ4v) is 1.77. The molecule has 2 atom stereocenters. The lowest BCUT2D eigenvalue weighted by Gasteiger charge is -2.37. The van der Waals surface area contributed by atoms with Gasteiger partial charge in [0.1, 0.15) is 0 Å². The van der Waals surface area contributed by atoms with Crippen LogP contribution >= 0.6 is 0 Å². The van der Waals surface area contributed by atoms with Crippen molar-refractivity contribution in [3.63, 3.8) is 0 Å². The molecule has 0 saturated carbocycles. The van der Waals surface area contributed by atoms with Gasteiger partial charge in [-0.05, 0) is 26.3 Å². The molecular formula is C10H18N2. The van der Waals surface area contributed by atoms with Crippen molar-refractivity contribution in [3.05, 3.63) is 0 Å². The number of likely N-dealkylation sites (tertiary alicyclic amines) is 1. The van der Waals surface area contributed by atoms with Crippen molar-refractivity contribution in [2.24, 2.45) is 5.73 Å². The van der Waals surface area contributed by atoms with Crippen molar-refractivity contribution in [2.75, 3.05) is 13.1 Å². The molecule has 0 spiro atoms. The van der Waals surface area contributed by atoms with Gasteiger partial charge in [-0.3, -0.25) is 4.90 Å². The van der Waals surface area contributed by atoms with E-state index in [4.69, 9.17) is 12.2 Å². The van der Waals surface area contributed by atoms with E-state index in [2.05, 4.69) is 17.7 Å². The maximum Gasteiger partial charge on any atom is 0.0219 e. The van der Waals surface area contributed by atoms with Gasteiger partial charge in [-0.2, -0.15) is 0 Å². The third-order valence-corrected chi connectivity index (χ3v) is 2.72. The van der Waals surface area contributed by atoms with Gasteiger partial charge in [0.05, 0.1) is 0 Å². The second kappa shape index (κ2) is 4.49. The summed E-state index contributed by atoms with van der Waals surface area (Å²) in [5, 5.41) is 0. The van der Waals surface area contributed by atoms with E-state index in [1.54, 1.807) is 0 Å². The molecule has 2 heteroatoms. The molecule has 68 valence electrons. The number of terminal acetylenes is 1. The Morgan fingerprint density at radius 1 is 1.67 bits per heavy atom. The van der Waals surface area contributed by atoms with Crippen molar-refractivity contribution in [1.29, 1.82) is 0 Å². The summed E-state index contributed by atoms with van der Waals surface area (Å²) in [6, 6.07) is 0.851. The van der Waals surface area contributed by atoms with Crippen molar-refractivity contribution in [1.82, 2.24) is 4.90 Å². The Hall–Kier alpha value is -0.520. The lowest BCUT2D eigenvalue weighted by atomic mass is 9.98. The molecule has 1 aliphatic heterocycles. The Kier molecular flexibility index (Phi) is 3.58. The van der Waals surface area contributed by atoms with Crippen LogP contribution in [0.5, 0.6) is 0 Å². The molecule has 2 N–H and O–H groups in total. The number of hydrogen-bond donors (Lipinski definition) is 1. The van der Waals surface area contributed by atoms with Crippen LogP contribution in [0.15, 0.2) is 0 Å². The van der Waals surface area contributed by atoms with Crippen molar-refractivity contribution in [2.45, 2.75) is 38.3 Å². The SMILES string of the molecule is C#CCCN1CCC[C@@H](N)[C@H]1C. The van der Waals surface area contributed by atoms with Crippen LogP contribution in [-0.2, 0) is 0 Å². The summed E-state index contributed by atoms with van der Waals surface area (Å²) in [6.45, 7) is 4.36. The van der Waals surface area contributed by atoms with Crippen molar-refractivity contribution in [3.8, 4) is 12.3 Å². The fraction of sp³-hybridized carbons (Fsp3) is 0.800. The highest BCUT2D eigenvalue weighted by Crippen LogP contribution is 2.15. The molecular weight excluding hydrogens is 148 g/mol. The molecule has 1 aliphatic rings. The molecule has 1 rings (SSSR count). The van der Waals surface area contributed by atoms with Crippen LogP contribution in [0.3, 0.4) is 0 Å². The van der Waals surface area contributed by atoms with Crippen LogP contribution < -0.4 is 5.73 Å². The maximum absolute atomic E-state index is 5.95. The Morgan fingerprint density at radius 3 is 3.08 bits per heavy atom. The lowest BCUT2D eigenvalue weighted by Crippen LogP contribution is -2.50. The monoisotopic (exact) mass is 166 g/mol. The lowest BCUT2D eigenvalue weighted by molar-refractivity contribution is 0.144. The van der Waals surface area contributed by atoms with Gasteiger partial charge in [0.15, 0.2) is 0 Å². The molecule has 1 heterocycles. The van der Waals surface area contributed by atoms with Gasteiger partial charge in [-0.1, -0.05) is 0 Å². The number of nitrogens with zero attached hydrogens (tertiary/aromatic N) is 1. The minimum Gasteiger partial charge on any atom is -0.326 e. The number of rotatable bonds is 2. The molecule has 0 aliphatic carbocycles. The van der Waals surface area contributed by atoms with E-state index >= 15 is 0 Å². The number of hydrogen-bond acceptors (Lipinski definition) is 2. The highest BCUT2D eigenvalue weighted by molar-refractivity contribution is 4.89. The van der Waals surface area contributed by atoms with E-state index in [0.29, 0.717) is 12.1 Å². The minimum atomic E-state index is 0.344. The van der Waals surface area contributed by atoms with Crippen LogP contribution in [-0.4, -0.2) is 30.1 Å². The largest absolute Gasteiger partial charge is 0.326 e. The second-order valence-electron chi connectivity index (χ2n) is 3.54. The van der Waals surface area contributed by atoms with E-state index in [-0.39, 0.29) is 0 Å². The normalized spacial score (nSPS) is 31.4. The summed E-state index contributed by atoms with van der Waals surface area (Å²) >= 11 is 0. The van der Waals surface area contributed by atoms with Gasteiger partial charge >= 0.3 is 0 Å². The predicted molar refractivity (Wildman–Crippen MR) is 51.7 cm³/mol. The van der Waals surface area contributed by atoms with Crippen LogP contribution in [0, 0.1) is 12.3 Å². The molecule has 0 aromatic heterocycles. The summed E-state index contributed by atoms with van der Waals surface area (Å²) < 4.78 is 0. The van der Waals surface area contributed by atoms with Crippen LogP contribution in [0.1, 0.15) is 26.2 Å². The topological polar surface area (TPSA) is 29.3 Å². The molecule has 0 radical (unpaired) electrons. The Labute approximate surface area is 75.1 Å². The molecule has 2 nitrogen and oxygen atoms in total. The molecule has 1 saturated heterocycles. The molecule has 0 aromatic rings. The van der Waals surface area contributed by atoms with E-state index in [1.807, 2.05) is 0 Å². The van der Waals surface area contributed by atoms with Crippen molar-refractivity contribution < 1.29 is 0 Å². The predicted octanol–water partition coefficient (Wildman–Crippen LogP) is 0.821. The first-order valence-electron chi connectivity index (χ1n) is 4.69. The highest BCUT2D eigenvalue weighted by atomic mass is 15.2. The van der Waals surface area contributed by atoms with Crippen LogP contribution in [0.2, 0.25) is 0 Å². The molecule has 0 aromatic carbocycles. The van der Waals surface area contributed by atoms with E-state index in [9.17, 15) is 0 Å². The quantitative estimate of drug-likeness (QED) is 0.615. The molecule has 1 fully saturated rings.